The molecule has 4 rings (SSSR count). The molecule has 0 fully saturated rings. The van der Waals surface area contributed by atoms with E-state index in [1.165, 1.54) is 16.9 Å². The molecule has 2 N–H and O–H groups in total. The molecule has 2 amide bonds. The smallest absolute Gasteiger partial charge is 0.322 e. The minimum absolute atomic E-state index is 0.0408. The van der Waals surface area contributed by atoms with Gasteiger partial charge in [-0.1, -0.05) is 6.07 Å². The fourth-order valence-corrected chi connectivity index (χ4v) is 2.90. The van der Waals surface area contributed by atoms with Crippen LogP contribution >= 0.6 is 0 Å². The van der Waals surface area contributed by atoms with Gasteiger partial charge in [0.25, 0.3) is 11.8 Å². The Labute approximate surface area is 179 Å². The quantitative estimate of drug-likeness (QED) is 0.500. The summed E-state index contributed by atoms with van der Waals surface area (Å²) in [4.78, 5) is 32.5. The van der Waals surface area contributed by atoms with Crippen molar-refractivity contribution in [1.29, 1.82) is 0 Å². The van der Waals surface area contributed by atoms with Crippen molar-refractivity contribution in [2.45, 2.75) is 13.1 Å². The highest BCUT2D eigenvalue weighted by atomic mass is 19.4. The molecule has 0 aliphatic rings. The molecule has 11 heteroatoms. The molecule has 0 saturated heterocycles. The van der Waals surface area contributed by atoms with Gasteiger partial charge in [0, 0.05) is 23.8 Å². The maximum absolute atomic E-state index is 12.7. The number of nitrogens with one attached hydrogen (secondary N) is 2. The van der Waals surface area contributed by atoms with Gasteiger partial charge in [0.2, 0.25) is 0 Å². The average molecular weight is 440 g/mol. The second kappa shape index (κ2) is 8.10. The molecule has 0 atom stereocenters. The Kier molecular flexibility index (Phi) is 5.31. The first kappa shape index (κ1) is 21.0. The SMILES string of the molecule is Cc1ccc(NC(=O)c2ccc(C(F)(F)F)nc2)cc1NC(=O)c1cnc2cccnn12. The number of nitrogens with zero attached hydrogens (tertiary/aromatic N) is 4. The van der Waals surface area contributed by atoms with Crippen molar-refractivity contribution < 1.29 is 22.8 Å². The van der Waals surface area contributed by atoms with Gasteiger partial charge in [-0.2, -0.15) is 18.3 Å². The molecule has 3 aromatic heterocycles. The van der Waals surface area contributed by atoms with E-state index >= 15 is 0 Å². The van der Waals surface area contributed by atoms with Crippen molar-refractivity contribution in [2.75, 3.05) is 10.6 Å². The van der Waals surface area contributed by atoms with Crippen molar-refractivity contribution in [3.63, 3.8) is 0 Å². The topological polar surface area (TPSA) is 101 Å². The van der Waals surface area contributed by atoms with Gasteiger partial charge >= 0.3 is 6.18 Å². The van der Waals surface area contributed by atoms with E-state index in [0.717, 1.165) is 23.9 Å². The summed E-state index contributed by atoms with van der Waals surface area (Å²) in [6.45, 7) is 1.77. The van der Waals surface area contributed by atoms with Crippen molar-refractivity contribution >= 4 is 28.8 Å². The number of rotatable bonds is 4. The molecule has 32 heavy (non-hydrogen) atoms. The van der Waals surface area contributed by atoms with Crippen LogP contribution in [0.1, 0.15) is 32.1 Å². The van der Waals surface area contributed by atoms with Crippen molar-refractivity contribution in [2.24, 2.45) is 0 Å². The zero-order valence-corrected chi connectivity index (χ0v) is 16.5. The number of pyridine rings is 1. The van der Waals surface area contributed by atoms with E-state index in [0.29, 0.717) is 17.0 Å². The number of amides is 2. The molecule has 0 unspecified atom stereocenters. The Morgan fingerprint density at radius 3 is 2.50 bits per heavy atom. The molecule has 8 nitrogen and oxygen atoms in total. The zero-order chi connectivity index (χ0) is 22.9. The third-order valence-corrected chi connectivity index (χ3v) is 4.57. The number of imidazole rings is 1. The van der Waals surface area contributed by atoms with Crippen LogP contribution in [0.3, 0.4) is 0 Å². The standard InChI is InChI=1S/C21H15F3N6O2/c1-12-4-6-14(28-19(31)13-5-7-17(25-10-13)21(22,23)24)9-15(12)29-20(32)16-11-26-18-3-2-8-27-30(16)18/h2-11H,1H3,(H,28,31)(H,29,32). The summed E-state index contributed by atoms with van der Waals surface area (Å²) in [5.41, 5.74) is 1.12. The summed E-state index contributed by atoms with van der Waals surface area (Å²) < 4.78 is 39.3. The van der Waals surface area contributed by atoms with E-state index < -0.39 is 23.7 Å². The van der Waals surface area contributed by atoms with Crippen LogP contribution in [0.5, 0.6) is 0 Å². The number of fused-ring (bicyclic) bond motifs is 1. The van der Waals surface area contributed by atoms with E-state index in [1.54, 1.807) is 37.3 Å². The van der Waals surface area contributed by atoms with Crippen LogP contribution in [0, 0.1) is 6.92 Å². The highest BCUT2D eigenvalue weighted by molar-refractivity contribution is 6.06. The summed E-state index contributed by atoms with van der Waals surface area (Å²) in [5, 5.41) is 9.43. The number of aromatic nitrogens is 4. The molecule has 0 aliphatic carbocycles. The molecule has 0 radical (unpaired) electrons. The number of carbonyl (C=O) groups is 2. The largest absolute Gasteiger partial charge is 0.433 e. The maximum Gasteiger partial charge on any atom is 0.433 e. The van der Waals surface area contributed by atoms with Gasteiger partial charge in [0.1, 0.15) is 5.69 Å². The van der Waals surface area contributed by atoms with E-state index in [2.05, 4.69) is 25.7 Å². The normalized spacial score (nSPS) is 11.4. The van der Waals surface area contributed by atoms with Crippen molar-refractivity contribution in [3.8, 4) is 0 Å². The van der Waals surface area contributed by atoms with Gasteiger partial charge in [-0.25, -0.2) is 9.50 Å². The lowest BCUT2D eigenvalue weighted by molar-refractivity contribution is -0.141. The monoisotopic (exact) mass is 440 g/mol. The van der Waals surface area contributed by atoms with Crippen LogP contribution in [0.4, 0.5) is 24.5 Å². The molecule has 0 bridgehead atoms. The number of alkyl halides is 3. The summed E-state index contributed by atoms with van der Waals surface area (Å²) in [6, 6.07) is 10.0. The lowest BCUT2D eigenvalue weighted by Gasteiger charge is -2.12. The van der Waals surface area contributed by atoms with Crippen molar-refractivity contribution in [3.05, 3.63) is 83.6 Å². The van der Waals surface area contributed by atoms with E-state index in [-0.39, 0.29) is 11.3 Å². The fraction of sp³-hybridized carbons (Fsp3) is 0.0952. The number of benzene rings is 1. The third-order valence-electron chi connectivity index (χ3n) is 4.57. The summed E-state index contributed by atoms with van der Waals surface area (Å²) in [5.74, 6) is -1.09. The first-order chi connectivity index (χ1) is 15.2. The average Bonchev–Trinajstić information content (AvgIpc) is 3.20. The van der Waals surface area contributed by atoms with E-state index in [4.69, 9.17) is 0 Å². The third kappa shape index (κ3) is 4.26. The van der Waals surface area contributed by atoms with Gasteiger partial charge < -0.3 is 10.6 Å². The Balaban J connectivity index is 1.51. The number of carbonyl (C=O) groups excluding carboxylic acids is 2. The summed E-state index contributed by atoms with van der Waals surface area (Å²) in [7, 11) is 0. The minimum Gasteiger partial charge on any atom is -0.322 e. The molecular weight excluding hydrogens is 425 g/mol. The predicted octanol–water partition coefficient (Wildman–Crippen LogP) is 3.96. The van der Waals surface area contributed by atoms with Crippen LogP contribution in [-0.2, 0) is 6.18 Å². The number of anilines is 2. The Morgan fingerprint density at radius 1 is 0.969 bits per heavy atom. The predicted molar refractivity (Wildman–Crippen MR) is 109 cm³/mol. The minimum atomic E-state index is -4.59. The maximum atomic E-state index is 12.7. The molecule has 162 valence electrons. The highest BCUT2D eigenvalue weighted by Gasteiger charge is 2.32. The van der Waals surface area contributed by atoms with Crippen LogP contribution in [-0.4, -0.2) is 31.4 Å². The second-order valence-corrected chi connectivity index (χ2v) is 6.80. The van der Waals surface area contributed by atoms with E-state index in [9.17, 15) is 22.8 Å². The fourth-order valence-electron chi connectivity index (χ4n) is 2.90. The lowest BCUT2D eigenvalue weighted by atomic mass is 10.1. The van der Waals surface area contributed by atoms with Crippen LogP contribution in [0.25, 0.3) is 5.65 Å². The number of hydrogen-bond donors (Lipinski definition) is 2. The van der Waals surface area contributed by atoms with Gasteiger partial charge in [-0.15, -0.1) is 0 Å². The molecular formula is C21H15F3N6O2. The number of aryl methyl sites for hydroxylation is 1. The summed E-state index contributed by atoms with van der Waals surface area (Å²) >= 11 is 0. The van der Waals surface area contributed by atoms with Gasteiger partial charge in [0.15, 0.2) is 11.3 Å². The van der Waals surface area contributed by atoms with Crippen LogP contribution < -0.4 is 10.6 Å². The van der Waals surface area contributed by atoms with Gasteiger partial charge in [-0.05, 0) is 48.9 Å². The Hall–Kier alpha value is -4.28. The Bertz CT molecular complexity index is 1320. The zero-order valence-electron chi connectivity index (χ0n) is 16.5. The molecule has 0 saturated carbocycles. The molecule has 1 aromatic carbocycles. The van der Waals surface area contributed by atoms with Gasteiger partial charge in [0.05, 0.1) is 11.8 Å². The second-order valence-electron chi connectivity index (χ2n) is 6.80. The van der Waals surface area contributed by atoms with Crippen molar-refractivity contribution in [1.82, 2.24) is 19.6 Å². The van der Waals surface area contributed by atoms with Crippen LogP contribution in [0.15, 0.2) is 61.1 Å². The molecule has 3 heterocycles. The molecule has 4 aromatic rings. The van der Waals surface area contributed by atoms with Gasteiger partial charge in [-0.3, -0.25) is 14.6 Å². The lowest BCUT2D eigenvalue weighted by Crippen LogP contribution is -2.17. The molecule has 0 aliphatic heterocycles. The van der Waals surface area contributed by atoms with Crippen LogP contribution in [0.2, 0.25) is 0 Å². The Morgan fingerprint density at radius 2 is 1.78 bits per heavy atom. The summed E-state index contributed by atoms with van der Waals surface area (Å²) in [6.07, 6.45) is -0.804. The first-order valence-corrected chi connectivity index (χ1v) is 9.28. The first-order valence-electron chi connectivity index (χ1n) is 9.28. The molecule has 0 spiro atoms. The number of halogens is 3. The highest BCUT2D eigenvalue weighted by Crippen LogP contribution is 2.27. The van der Waals surface area contributed by atoms with E-state index in [1.807, 2.05) is 0 Å². The number of hydrogen-bond acceptors (Lipinski definition) is 5.